The first-order valence-corrected chi connectivity index (χ1v) is 11.7. The van der Waals surface area contributed by atoms with Gasteiger partial charge in [-0.3, -0.25) is 4.79 Å². The molecule has 3 rings (SSSR count). The van der Waals surface area contributed by atoms with Crippen LogP contribution in [0.5, 0.6) is 5.75 Å². The number of amides is 1. The predicted octanol–water partition coefficient (Wildman–Crippen LogP) is 5.99. The summed E-state index contributed by atoms with van der Waals surface area (Å²) in [6, 6.07) is 20.7. The molecule has 0 radical (unpaired) electrons. The molecular weight excluding hydrogens is 578 g/mol. The van der Waals surface area contributed by atoms with Crippen molar-refractivity contribution in [2.45, 2.75) is 6.61 Å². The van der Waals surface area contributed by atoms with Gasteiger partial charge in [0.25, 0.3) is 5.91 Å². The number of ether oxygens (including phenoxy) is 2. The van der Waals surface area contributed by atoms with E-state index in [1.54, 1.807) is 36.4 Å². The number of nitrogens with one attached hydrogen (secondary N) is 1. The molecule has 0 aliphatic carbocycles. The third-order valence-corrected chi connectivity index (χ3v) is 5.95. The summed E-state index contributed by atoms with van der Waals surface area (Å²) in [5.74, 6) is -0.569. The summed E-state index contributed by atoms with van der Waals surface area (Å²) in [6.45, 7) is 0.191. The van der Waals surface area contributed by atoms with Crippen LogP contribution in [-0.4, -0.2) is 19.0 Å². The molecular formula is C26H17Br2N3O4. The predicted molar refractivity (Wildman–Crippen MR) is 137 cm³/mol. The first-order chi connectivity index (χ1) is 16.9. The van der Waals surface area contributed by atoms with Gasteiger partial charge in [-0.15, -0.1) is 0 Å². The summed E-state index contributed by atoms with van der Waals surface area (Å²) < 4.78 is 11.7. The van der Waals surface area contributed by atoms with Gasteiger partial charge in [-0.2, -0.15) is 10.5 Å². The molecule has 3 aromatic carbocycles. The number of anilines is 1. The van der Waals surface area contributed by atoms with E-state index in [-0.39, 0.29) is 12.2 Å². The quantitative estimate of drug-likeness (QED) is 0.204. The Kier molecular flexibility index (Phi) is 8.80. The number of nitriles is 2. The van der Waals surface area contributed by atoms with Crippen LogP contribution in [0, 0.1) is 22.7 Å². The summed E-state index contributed by atoms with van der Waals surface area (Å²) >= 11 is 6.93. The lowest BCUT2D eigenvalue weighted by atomic mass is 10.1. The van der Waals surface area contributed by atoms with Crippen LogP contribution in [0.3, 0.4) is 0 Å². The first-order valence-electron chi connectivity index (χ1n) is 10.1. The Morgan fingerprint density at radius 3 is 2.29 bits per heavy atom. The lowest BCUT2D eigenvalue weighted by Crippen LogP contribution is -2.13. The van der Waals surface area contributed by atoms with Crippen LogP contribution in [0.1, 0.15) is 27.0 Å². The molecule has 0 unspecified atom stereocenters. The standard InChI is InChI=1S/C26H17Br2N3O4/c1-34-26(33)17-6-8-21(9-7-17)31-25(32)20(14-30)10-16-11-22(27)24(23(28)12-16)35-15-19-5-3-2-4-18(19)13-29/h2-12H,15H2,1H3,(H,31,32)/b20-10+. The van der Waals surface area contributed by atoms with Crippen LogP contribution in [0.25, 0.3) is 6.08 Å². The number of hydrogen-bond donors (Lipinski definition) is 1. The van der Waals surface area contributed by atoms with Crippen LogP contribution in [0.4, 0.5) is 5.69 Å². The van der Waals surface area contributed by atoms with Crippen molar-refractivity contribution in [1.82, 2.24) is 0 Å². The van der Waals surface area contributed by atoms with Crippen LogP contribution >= 0.6 is 31.9 Å². The molecule has 1 amide bonds. The maximum atomic E-state index is 12.6. The third-order valence-electron chi connectivity index (χ3n) is 4.77. The summed E-state index contributed by atoms with van der Waals surface area (Å²) in [5.41, 5.74) is 2.52. The Hall–Kier alpha value is -3.92. The van der Waals surface area contributed by atoms with Gasteiger partial charge in [0.1, 0.15) is 24.0 Å². The molecule has 7 nitrogen and oxygen atoms in total. The van der Waals surface area contributed by atoms with Crippen LogP contribution in [-0.2, 0) is 16.1 Å². The highest BCUT2D eigenvalue weighted by atomic mass is 79.9. The van der Waals surface area contributed by atoms with Gasteiger partial charge in [-0.25, -0.2) is 4.79 Å². The Morgan fingerprint density at radius 2 is 1.69 bits per heavy atom. The molecule has 1 N–H and O–H groups in total. The summed E-state index contributed by atoms with van der Waals surface area (Å²) in [6.07, 6.45) is 1.45. The van der Waals surface area contributed by atoms with Crippen molar-refractivity contribution < 1.29 is 19.1 Å². The van der Waals surface area contributed by atoms with Crippen LogP contribution < -0.4 is 10.1 Å². The van der Waals surface area contributed by atoms with Gasteiger partial charge in [-0.05, 0) is 86.0 Å². The number of carbonyl (C=O) groups is 2. The highest BCUT2D eigenvalue weighted by Gasteiger charge is 2.14. The molecule has 0 spiro atoms. The number of hydrogen-bond acceptors (Lipinski definition) is 6. The molecule has 0 aliphatic heterocycles. The second-order valence-electron chi connectivity index (χ2n) is 7.06. The van der Waals surface area contributed by atoms with Crippen molar-refractivity contribution in [2.75, 3.05) is 12.4 Å². The van der Waals surface area contributed by atoms with Gasteiger partial charge in [0.05, 0.1) is 33.3 Å². The summed E-state index contributed by atoms with van der Waals surface area (Å²) in [7, 11) is 1.28. The molecule has 0 heterocycles. The van der Waals surface area contributed by atoms with Gasteiger partial charge in [0.15, 0.2) is 0 Å². The van der Waals surface area contributed by atoms with Crippen LogP contribution in [0.15, 0.2) is 75.2 Å². The van der Waals surface area contributed by atoms with Crippen LogP contribution in [0.2, 0.25) is 0 Å². The minimum Gasteiger partial charge on any atom is -0.486 e. The number of halogens is 2. The maximum Gasteiger partial charge on any atom is 0.337 e. The lowest BCUT2D eigenvalue weighted by molar-refractivity contribution is -0.112. The minimum atomic E-state index is -0.598. The number of carbonyl (C=O) groups excluding carboxylic acids is 2. The molecule has 174 valence electrons. The molecule has 0 saturated carbocycles. The molecule has 0 aromatic heterocycles. The monoisotopic (exact) mass is 593 g/mol. The lowest BCUT2D eigenvalue weighted by Gasteiger charge is -2.12. The van der Waals surface area contributed by atoms with Crippen molar-refractivity contribution in [1.29, 1.82) is 10.5 Å². The van der Waals surface area contributed by atoms with E-state index in [4.69, 9.17) is 4.74 Å². The third kappa shape index (κ3) is 6.57. The zero-order valence-electron chi connectivity index (χ0n) is 18.3. The first kappa shape index (κ1) is 25.7. The van der Waals surface area contributed by atoms with Crippen molar-refractivity contribution in [2.24, 2.45) is 0 Å². The molecule has 0 aliphatic rings. The average Bonchev–Trinajstić information content (AvgIpc) is 2.86. The van der Waals surface area contributed by atoms with Gasteiger partial charge in [-0.1, -0.05) is 18.2 Å². The van der Waals surface area contributed by atoms with Gasteiger partial charge in [0.2, 0.25) is 0 Å². The van der Waals surface area contributed by atoms with E-state index in [9.17, 15) is 20.1 Å². The van der Waals surface area contributed by atoms with Crippen molar-refractivity contribution >= 4 is 55.5 Å². The van der Waals surface area contributed by atoms with E-state index in [1.165, 1.54) is 25.3 Å². The van der Waals surface area contributed by atoms with Crippen molar-refractivity contribution in [3.63, 3.8) is 0 Å². The van der Waals surface area contributed by atoms with Gasteiger partial charge < -0.3 is 14.8 Å². The molecule has 0 bridgehead atoms. The number of nitrogens with zero attached hydrogens (tertiary/aromatic N) is 2. The SMILES string of the molecule is COC(=O)c1ccc(NC(=O)/C(C#N)=C/c2cc(Br)c(OCc3ccccc3C#N)c(Br)c2)cc1. The van der Waals surface area contributed by atoms with E-state index < -0.39 is 11.9 Å². The highest BCUT2D eigenvalue weighted by molar-refractivity contribution is 9.11. The van der Waals surface area contributed by atoms with E-state index in [2.05, 4.69) is 48.0 Å². The molecule has 35 heavy (non-hydrogen) atoms. The molecule has 0 atom stereocenters. The van der Waals surface area contributed by atoms with E-state index in [0.717, 1.165) is 5.56 Å². The fourth-order valence-corrected chi connectivity index (χ4v) is 4.48. The smallest absolute Gasteiger partial charge is 0.337 e. The fraction of sp³-hybridized carbons (Fsp3) is 0.0769. The molecule has 9 heteroatoms. The topological polar surface area (TPSA) is 112 Å². The zero-order valence-corrected chi connectivity index (χ0v) is 21.5. The van der Waals surface area contributed by atoms with E-state index >= 15 is 0 Å². The number of benzene rings is 3. The van der Waals surface area contributed by atoms with Crippen molar-refractivity contribution in [3.8, 4) is 17.9 Å². The fourth-order valence-electron chi connectivity index (χ4n) is 3.03. The largest absolute Gasteiger partial charge is 0.486 e. The number of esters is 1. The van der Waals surface area contributed by atoms with E-state index in [0.29, 0.717) is 37.1 Å². The van der Waals surface area contributed by atoms with E-state index in [1.807, 2.05) is 18.2 Å². The summed E-state index contributed by atoms with van der Waals surface area (Å²) in [4.78, 5) is 24.1. The number of methoxy groups -OCH3 is 1. The van der Waals surface area contributed by atoms with Gasteiger partial charge in [0, 0.05) is 11.3 Å². The Balaban J connectivity index is 1.76. The second-order valence-corrected chi connectivity index (χ2v) is 8.77. The maximum absolute atomic E-state index is 12.6. The molecule has 0 fully saturated rings. The zero-order chi connectivity index (χ0) is 25.4. The molecule has 0 saturated heterocycles. The Bertz CT molecular complexity index is 1360. The number of rotatable bonds is 7. The normalized spacial score (nSPS) is 10.6. The minimum absolute atomic E-state index is 0.113. The summed E-state index contributed by atoms with van der Waals surface area (Å²) in [5, 5.41) is 21.4. The molecule has 3 aromatic rings. The Labute approximate surface area is 218 Å². The van der Waals surface area contributed by atoms with Crippen molar-refractivity contribution in [3.05, 3.63) is 97.4 Å². The highest BCUT2D eigenvalue weighted by Crippen LogP contribution is 2.36. The second kappa shape index (κ2) is 12.0. The Morgan fingerprint density at radius 1 is 1.03 bits per heavy atom. The van der Waals surface area contributed by atoms with Gasteiger partial charge >= 0.3 is 5.97 Å². The average molecular weight is 595 g/mol.